The minimum absolute atomic E-state index is 0.0213. The summed E-state index contributed by atoms with van der Waals surface area (Å²) in [7, 11) is 0. The summed E-state index contributed by atoms with van der Waals surface area (Å²) in [6.45, 7) is 7.94. The molecule has 1 amide bonds. The monoisotopic (exact) mass is 517 g/mol. The van der Waals surface area contributed by atoms with Crippen molar-refractivity contribution in [3.8, 4) is 17.2 Å². The number of nitrogens with one attached hydrogen (secondary N) is 2. The third kappa shape index (κ3) is 6.11. The Morgan fingerprint density at radius 2 is 1.95 bits per heavy atom. The van der Waals surface area contributed by atoms with E-state index in [2.05, 4.69) is 20.7 Å². The lowest BCUT2D eigenvalue weighted by Gasteiger charge is -2.24. The van der Waals surface area contributed by atoms with Crippen LogP contribution in [0.1, 0.15) is 39.2 Å². The number of rotatable bonds is 7. The second-order valence-corrected chi connectivity index (χ2v) is 10.5. The topological polar surface area (TPSA) is 90.3 Å². The zero-order valence-corrected chi connectivity index (χ0v) is 21.8. The summed E-state index contributed by atoms with van der Waals surface area (Å²) >= 11 is 0. The summed E-state index contributed by atoms with van der Waals surface area (Å²) in [5, 5.41) is 11.2. The predicted molar refractivity (Wildman–Crippen MR) is 144 cm³/mol. The van der Waals surface area contributed by atoms with Gasteiger partial charge in [0.25, 0.3) is 0 Å². The summed E-state index contributed by atoms with van der Waals surface area (Å²) in [4.78, 5) is 16.9. The number of carbonyl (C=O) groups excluding carboxylic acids is 1. The van der Waals surface area contributed by atoms with Crippen molar-refractivity contribution < 1.29 is 18.7 Å². The van der Waals surface area contributed by atoms with Crippen LogP contribution in [0.15, 0.2) is 61.1 Å². The zero-order chi connectivity index (χ0) is 26.7. The van der Waals surface area contributed by atoms with Gasteiger partial charge in [0.1, 0.15) is 17.6 Å². The lowest BCUT2D eigenvalue weighted by atomic mass is 10.1. The minimum Gasteiger partial charge on any atom is -0.490 e. The van der Waals surface area contributed by atoms with Crippen molar-refractivity contribution in [3.63, 3.8) is 0 Å². The van der Waals surface area contributed by atoms with Crippen LogP contribution in [0.5, 0.6) is 17.2 Å². The van der Waals surface area contributed by atoms with E-state index in [1.165, 1.54) is 12.1 Å². The largest absolute Gasteiger partial charge is 0.490 e. The van der Waals surface area contributed by atoms with Crippen LogP contribution in [0, 0.1) is 5.82 Å². The van der Waals surface area contributed by atoms with Crippen LogP contribution >= 0.6 is 0 Å². The fourth-order valence-electron chi connectivity index (χ4n) is 4.37. The quantitative estimate of drug-likeness (QED) is 0.340. The van der Waals surface area contributed by atoms with Crippen LogP contribution in [0.3, 0.4) is 0 Å². The molecule has 1 aliphatic rings. The number of amides is 1. The van der Waals surface area contributed by atoms with E-state index in [9.17, 15) is 4.79 Å². The molecule has 0 atom stereocenters. The third-order valence-corrected chi connectivity index (χ3v) is 6.40. The van der Waals surface area contributed by atoms with Crippen molar-refractivity contribution in [1.82, 2.24) is 20.1 Å². The van der Waals surface area contributed by atoms with Gasteiger partial charge in [0, 0.05) is 17.8 Å². The maximum Gasteiger partial charge on any atom is 0.228 e. The standard InChI is InChI=1S/C29H32FN5O3/c1-29(2,3)35-18-20(17-33-35)34-28(36)15-19-4-7-27(24(30)14-19)38-26-10-13-32-25-6-5-22(16-23(25)26)37-21-8-11-31-12-9-21/h4-7,10,13-14,16-18,21,31H,8-9,11-12,15H2,1-3H3,(H,34,36). The van der Waals surface area contributed by atoms with Crippen molar-refractivity contribution in [3.05, 3.63) is 72.4 Å². The Hall–Kier alpha value is -3.98. The number of halogens is 1. The highest BCUT2D eigenvalue weighted by Gasteiger charge is 2.17. The fraction of sp³-hybridized carbons (Fsp3) is 0.345. The van der Waals surface area contributed by atoms with Crippen molar-refractivity contribution in [2.75, 3.05) is 18.4 Å². The Morgan fingerprint density at radius 3 is 2.68 bits per heavy atom. The molecule has 8 nitrogen and oxygen atoms in total. The van der Waals surface area contributed by atoms with Gasteiger partial charge in [0.2, 0.25) is 5.91 Å². The molecule has 2 N–H and O–H groups in total. The summed E-state index contributed by atoms with van der Waals surface area (Å²) in [6, 6.07) is 11.9. The number of anilines is 1. The van der Waals surface area contributed by atoms with Gasteiger partial charge in [-0.25, -0.2) is 4.39 Å². The fourth-order valence-corrected chi connectivity index (χ4v) is 4.37. The smallest absolute Gasteiger partial charge is 0.228 e. The second-order valence-electron chi connectivity index (χ2n) is 10.5. The molecular formula is C29H32FN5O3. The van der Waals surface area contributed by atoms with E-state index in [-0.39, 0.29) is 29.7 Å². The van der Waals surface area contributed by atoms with Gasteiger partial charge in [0.15, 0.2) is 11.6 Å². The number of hydrogen-bond acceptors (Lipinski definition) is 6. The van der Waals surface area contributed by atoms with Crippen LogP contribution in [-0.4, -0.2) is 39.9 Å². The molecule has 0 radical (unpaired) electrons. The highest BCUT2D eigenvalue weighted by molar-refractivity contribution is 5.92. The zero-order valence-electron chi connectivity index (χ0n) is 21.8. The molecule has 198 valence electrons. The molecule has 0 saturated carbocycles. The first-order valence-corrected chi connectivity index (χ1v) is 12.8. The molecule has 0 spiro atoms. The second kappa shape index (κ2) is 10.8. The number of hydrogen-bond donors (Lipinski definition) is 2. The van der Waals surface area contributed by atoms with Gasteiger partial charge in [-0.2, -0.15) is 5.10 Å². The van der Waals surface area contributed by atoms with E-state index < -0.39 is 5.82 Å². The number of benzene rings is 2. The Kier molecular flexibility index (Phi) is 7.28. The molecule has 1 fully saturated rings. The molecule has 1 saturated heterocycles. The van der Waals surface area contributed by atoms with Gasteiger partial charge in [-0.3, -0.25) is 14.5 Å². The number of aromatic nitrogens is 3. The predicted octanol–water partition coefficient (Wildman–Crippen LogP) is 5.43. The Morgan fingerprint density at radius 1 is 1.13 bits per heavy atom. The van der Waals surface area contributed by atoms with Gasteiger partial charge in [-0.1, -0.05) is 6.07 Å². The van der Waals surface area contributed by atoms with Crippen molar-refractivity contribution in [2.45, 2.75) is 51.7 Å². The van der Waals surface area contributed by atoms with E-state index in [1.807, 2.05) is 39.0 Å². The van der Waals surface area contributed by atoms with E-state index in [0.29, 0.717) is 17.0 Å². The van der Waals surface area contributed by atoms with Crippen LogP contribution in [0.4, 0.5) is 10.1 Å². The van der Waals surface area contributed by atoms with Crippen molar-refractivity contribution in [2.24, 2.45) is 0 Å². The molecule has 2 aromatic heterocycles. The van der Waals surface area contributed by atoms with Crippen LogP contribution in [0.25, 0.3) is 10.9 Å². The average molecular weight is 518 g/mol. The van der Waals surface area contributed by atoms with E-state index >= 15 is 4.39 Å². The first-order chi connectivity index (χ1) is 18.2. The van der Waals surface area contributed by atoms with Gasteiger partial charge < -0.3 is 20.1 Å². The van der Waals surface area contributed by atoms with Crippen LogP contribution in [0.2, 0.25) is 0 Å². The molecule has 1 aliphatic heterocycles. The Labute approximate surface area is 221 Å². The number of pyridine rings is 1. The SMILES string of the molecule is CC(C)(C)n1cc(NC(=O)Cc2ccc(Oc3ccnc4ccc(OC5CCNCC5)cc34)c(F)c2)cn1. The van der Waals surface area contributed by atoms with Gasteiger partial charge >= 0.3 is 0 Å². The van der Waals surface area contributed by atoms with Gasteiger partial charge in [-0.05, 0) is 88.7 Å². The molecular weight excluding hydrogens is 485 g/mol. The molecule has 4 aromatic rings. The molecule has 2 aromatic carbocycles. The number of ether oxygens (including phenoxy) is 2. The van der Waals surface area contributed by atoms with Gasteiger partial charge in [-0.15, -0.1) is 0 Å². The van der Waals surface area contributed by atoms with E-state index in [1.54, 1.807) is 35.4 Å². The maximum atomic E-state index is 15.0. The summed E-state index contributed by atoms with van der Waals surface area (Å²) < 4.78 is 28.9. The first-order valence-electron chi connectivity index (χ1n) is 12.8. The summed E-state index contributed by atoms with van der Waals surface area (Å²) in [6.07, 6.45) is 7.08. The summed E-state index contributed by atoms with van der Waals surface area (Å²) in [5.74, 6) is 0.469. The van der Waals surface area contributed by atoms with Gasteiger partial charge in [0.05, 0.1) is 29.4 Å². The van der Waals surface area contributed by atoms with E-state index in [0.717, 1.165) is 42.6 Å². The number of carbonyl (C=O) groups is 1. The number of piperidine rings is 1. The number of fused-ring (bicyclic) bond motifs is 1. The lowest BCUT2D eigenvalue weighted by Crippen LogP contribution is -2.34. The minimum atomic E-state index is -0.553. The molecule has 0 bridgehead atoms. The molecule has 3 heterocycles. The highest BCUT2D eigenvalue weighted by atomic mass is 19.1. The normalized spacial score (nSPS) is 14.4. The molecule has 0 aliphatic carbocycles. The molecule has 38 heavy (non-hydrogen) atoms. The first kappa shape index (κ1) is 25.7. The molecule has 5 rings (SSSR count). The van der Waals surface area contributed by atoms with Crippen LogP contribution in [-0.2, 0) is 16.8 Å². The van der Waals surface area contributed by atoms with Crippen molar-refractivity contribution >= 4 is 22.5 Å². The molecule has 0 unspecified atom stereocenters. The number of nitrogens with zero attached hydrogens (tertiary/aromatic N) is 3. The average Bonchev–Trinajstić information content (AvgIpc) is 3.36. The highest BCUT2D eigenvalue weighted by Crippen LogP contribution is 2.33. The van der Waals surface area contributed by atoms with Crippen molar-refractivity contribution in [1.29, 1.82) is 0 Å². The Balaban J connectivity index is 1.27. The van der Waals surface area contributed by atoms with E-state index in [4.69, 9.17) is 9.47 Å². The van der Waals surface area contributed by atoms with Crippen LogP contribution < -0.4 is 20.1 Å². The molecule has 9 heteroatoms. The Bertz CT molecular complexity index is 1440. The third-order valence-electron chi connectivity index (χ3n) is 6.40. The summed E-state index contributed by atoms with van der Waals surface area (Å²) in [5.41, 5.74) is 1.67. The maximum absolute atomic E-state index is 15.0. The lowest BCUT2D eigenvalue weighted by molar-refractivity contribution is -0.115.